The summed E-state index contributed by atoms with van der Waals surface area (Å²) in [6.45, 7) is 1.79. The van der Waals surface area contributed by atoms with Crippen molar-refractivity contribution in [2.45, 2.75) is 18.5 Å². The molecule has 0 spiro atoms. The highest BCUT2D eigenvalue weighted by Gasteiger charge is 2.30. The first kappa shape index (κ1) is 14.7. The molecule has 2 rings (SSSR count). The summed E-state index contributed by atoms with van der Waals surface area (Å²) in [7, 11) is 0. The Morgan fingerprint density at radius 2 is 1.90 bits per heavy atom. The fourth-order valence-corrected chi connectivity index (χ4v) is 1.96. The molecule has 1 aromatic carbocycles. The van der Waals surface area contributed by atoms with E-state index in [9.17, 15) is 13.2 Å². The molecule has 0 aliphatic heterocycles. The molecule has 106 valence electrons. The molecule has 0 radical (unpaired) electrons. The van der Waals surface area contributed by atoms with Gasteiger partial charge in [-0.05, 0) is 30.7 Å². The van der Waals surface area contributed by atoms with Gasteiger partial charge < -0.3 is 5.32 Å². The van der Waals surface area contributed by atoms with E-state index in [4.69, 9.17) is 11.6 Å². The molecule has 0 aliphatic rings. The van der Waals surface area contributed by atoms with Crippen LogP contribution in [0.5, 0.6) is 0 Å². The highest BCUT2D eigenvalue weighted by atomic mass is 35.5. The predicted molar refractivity (Wildman–Crippen MR) is 73.2 cm³/mol. The standard InChI is InChI=1S/C14H12ClF3N2/c1-9(15)11-4-2-3-5-12(11)20-13-8-10(6-7-19-13)14(16,17)18/h2-9H,1H3,(H,19,20). The smallest absolute Gasteiger partial charge is 0.340 e. The van der Waals surface area contributed by atoms with Crippen LogP contribution in [0.25, 0.3) is 0 Å². The molecule has 0 saturated carbocycles. The zero-order chi connectivity index (χ0) is 14.8. The minimum atomic E-state index is -4.39. The van der Waals surface area contributed by atoms with E-state index in [2.05, 4.69) is 10.3 Å². The van der Waals surface area contributed by atoms with Gasteiger partial charge >= 0.3 is 6.18 Å². The van der Waals surface area contributed by atoms with Gasteiger partial charge in [-0.25, -0.2) is 4.98 Å². The summed E-state index contributed by atoms with van der Waals surface area (Å²) in [5.41, 5.74) is 0.696. The number of hydrogen-bond donors (Lipinski definition) is 1. The van der Waals surface area contributed by atoms with Crippen LogP contribution in [0.2, 0.25) is 0 Å². The summed E-state index contributed by atoms with van der Waals surface area (Å²) in [6.07, 6.45) is -3.27. The molecule has 1 N–H and O–H groups in total. The second-order valence-electron chi connectivity index (χ2n) is 4.26. The van der Waals surface area contributed by atoms with E-state index >= 15 is 0 Å². The van der Waals surface area contributed by atoms with E-state index in [0.717, 1.165) is 23.9 Å². The normalized spacial score (nSPS) is 13.1. The molecule has 1 atom stereocenters. The van der Waals surface area contributed by atoms with Crippen LogP contribution in [0, 0.1) is 0 Å². The zero-order valence-electron chi connectivity index (χ0n) is 10.6. The largest absolute Gasteiger partial charge is 0.416 e. The number of alkyl halides is 4. The van der Waals surface area contributed by atoms with Crippen molar-refractivity contribution >= 4 is 23.1 Å². The van der Waals surface area contributed by atoms with Crippen molar-refractivity contribution in [1.82, 2.24) is 4.98 Å². The van der Waals surface area contributed by atoms with Crippen molar-refractivity contribution in [2.24, 2.45) is 0 Å². The van der Waals surface area contributed by atoms with Crippen LogP contribution in [0.1, 0.15) is 23.4 Å². The van der Waals surface area contributed by atoms with Crippen LogP contribution < -0.4 is 5.32 Å². The Bertz CT molecular complexity index is 597. The van der Waals surface area contributed by atoms with Gasteiger partial charge in [-0.2, -0.15) is 13.2 Å². The first-order valence-corrected chi connectivity index (χ1v) is 6.35. The lowest BCUT2D eigenvalue weighted by molar-refractivity contribution is -0.137. The summed E-state index contributed by atoms with van der Waals surface area (Å²) in [4.78, 5) is 3.89. The van der Waals surface area contributed by atoms with Gasteiger partial charge in [0, 0.05) is 11.9 Å². The lowest BCUT2D eigenvalue weighted by atomic mass is 10.1. The van der Waals surface area contributed by atoms with Gasteiger partial charge in [-0.15, -0.1) is 11.6 Å². The maximum Gasteiger partial charge on any atom is 0.416 e. The van der Waals surface area contributed by atoms with Gasteiger partial charge in [0.25, 0.3) is 0 Å². The van der Waals surface area contributed by atoms with Gasteiger partial charge in [0.1, 0.15) is 5.82 Å². The number of anilines is 2. The van der Waals surface area contributed by atoms with Crippen LogP contribution in [0.3, 0.4) is 0 Å². The number of hydrogen-bond acceptors (Lipinski definition) is 2. The molecule has 2 aromatic rings. The van der Waals surface area contributed by atoms with Crippen molar-refractivity contribution in [2.75, 3.05) is 5.32 Å². The third-order valence-corrected chi connectivity index (χ3v) is 2.97. The van der Waals surface area contributed by atoms with Crippen molar-refractivity contribution in [3.8, 4) is 0 Å². The second kappa shape index (κ2) is 5.71. The van der Waals surface area contributed by atoms with E-state index in [-0.39, 0.29) is 11.2 Å². The summed E-state index contributed by atoms with van der Waals surface area (Å²) >= 11 is 6.04. The molecule has 0 fully saturated rings. The highest BCUT2D eigenvalue weighted by Crippen LogP contribution is 2.32. The maximum atomic E-state index is 12.6. The lowest BCUT2D eigenvalue weighted by Gasteiger charge is -2.14. The second-order valence-corrected chi connectivity index (χ2v) is 4.91. The maximum absolute atomic E-state index is 12.6. The van der Waals surface area contributed by atoms with E-state index in [0.29, 0.717) is 5.69 Å². The number of nitrogens with one attached hydrogen (secondary N) is 1. The van der Waals surface area contributed by atoms with Crippen molar-refractivity contribution in [3.63, 3.8) is 0 Å². The molecule has 1 aromatic heterocycles. The molecule has 20 heavy (non-hydrogen) atoms. The van der Waals surface area contributed by atoms with E-state index < -0.39 is 11.7 Å². The van der Waals surface area contributed by atoms with Crippen LogP contribution in [-0.2, 0) is 6.18 Å². The molecular formula is C14H12ClF3N2. The Balaban J connectivity index is 2.31. The average molecular weight is 301 g/mol. The average Bonchev–Trinajstić information content (AvgIpc) is 2.38. The van der Waals surface area contributed by atoms with Crippen LogP contribution in [-0.4, -0.2) is 4.98 Å². The quantitative estimate of drug-likeness (QED) is 0.794. The summed E-state index contributed by atoms with van der Waals surface area (Å²) in [6, 6.07) is 9.05. The summed E-state index contributed by atoms with van der Waals surface area (Å²) in [5.74, 6) is 0.129. The summed E-state index contributed by atoms with van der Waals surface area (Å²) in [5, 5.41) is 2.61. The number of rotatable bonds is 3. The fourth-order valence-electron chi connectivity index (χ4n) is 1.77. The van der Waals surface area contributed by atoms with Crippen LogP contribution in [0.15, 0.2) is 42.6 Å². The third kappa shape index (κ3) is 3.42. The van der Waals surface area contributed by atoms with Gasteiger partial charge in [-0.1, -0.05) is 18.2 Å². The van der Waals surface area contributed by atoms with Crippen LogP contribution >= 0.6 is 11.6 Å². The molecule has 1 unspecified atom stereocenters. The number of pyridine rings is 1. The monoisotopic (exact) mass is 300 g/mol. The van der Waals surface area contributed by atoms with Crippen LogP contribution in [0.4, 0.5) is 24.7 Å². The van der Waals surface area contributed by atoms with Gasteiger partial charge in [0.05, 0.1) is 10.9 Å². The number of nitrogens with zero attached hydrogens (tertiary/aromatic N) is 1. The predicted octanol–water partition coefficient (Wildman–Crippen LogP) is 5.14. The molecule has 1 heterocycles. The van der Waals surface area contributed by atoms with E-state index in [1.54, 1.807) is 19.1 Å². The highest BCUT2D eigenvalue weighted by molar-refractivity contribution is 6.21. The summed E-state index contributed by atoms with van der Waals surface area (Å²) < 4.78 is 37.9. The molecular weight excluding hydrogens is 289 g/mol. The Kier molecular flexibility index (Phi) is 4.18. The van der Waals surface area contributed by atoms with Crippen molar-refractivity contribution in [3.05, 3.63) is 53.7 Å². The Morgan fingerprint density at radius 3 is 2.55 bits per heavy atom. The fraction of sp³-hybridized carbons (Fsp3) is 0.214. The van der Waals surface area contributed by atoms with E-state index in [1.165, 1.54) is 0 Å². The topological polar surface area (TPSA) is 24.9 Å². The van der Waals surface area contributed by atoms with Gasteiger partial charge in [0.15, 0.2) is 0 Å². The molecule has 0 amide bonds. The first-order chi connectivity index (χ1) is 9.38. The van der Waals surface area contributed by atoms with E-state index in [1.807, 2.05) is 12.1 Å². The number of halogens is 4. The third-order valence-electron chi connectivity index (χ3n) is 2.74. The van der Waals surface area contributed by atoms with Crippen molar-refractivity contribution in [1.29, 1.82) is 0 Å². The molecule has 0 saturated heterocycles. The minimum Gasteiger partial charge on any atom is -0.340 e. The number of benzene rings is 1. The molecule has 0 aliphatic carbocycles. The molecule has 6 heteroatoms. The van der Waals surface area contributed by atoms with Gasteiger partial charge in [-0.3, -0.25) is 0 Å². The molecule has 2 nitrogen and oxygen atoms in total. The molecule has 0 bridgehead atoms. The first-order valence-electron chi connectivity index (χ1n) is 5.91. The minimum absolute atomic E-state index is 0.129. The number of para-hydroxylation sites is 1. The Labute approximate surface area is 119 Å². The van der Waals surface area contributed by atoms with Crippen molar-refractivity contribution < 1.29 is 13.2 Å². The van der Waals surface area contributed by atoms with Gasteiger partial charge in [0.2, 0.25) is 0 Å². The lowest BCUT2D eigenvalue weighted by Crippen LogP contribution is -2.06. The Morgan fingerprint density at radius 1 is 1.20 bits per heavy atom. The Hall–Kier alpha value is -1.75. The zero-order valence-corrected chi connectivity index (χ0v) is 11.3. The number of aromatic nitrogens is 1. The SMILES string of the molecule is CC(Cl)c1ccccc1Nc1cc(C(F)(F)F)ccn1.